The Balaban J connectivity index is 2.33. The van der Waals surface area contributed by atoms with Gasteiger partial charge < -0.3 is 9.64 Å². The van der Waals surface area contributed by atoms with Gasteiger partial charge in [-0.3, -0.25) is 4.79 Å². The van der Waals surface area contributed by atoms with Crippen molar-refractivity contribution in [2.75, 3.05) is 6.73 Å². The minimum Gasteiger partial charge on any atom is -0.473 e. The van der Waals surface area contributed by atoms with Crippen LogP contribution in [0, 0.1) is 0 Å². The van der Waals surface area contributed by atoms with Gasteiger partial charge in [-0.15, -0.1) is 0 Å². The number of hydrogen-bond acceptors (Lipinski definition) is 2. The van der Waals surface area contributed by atoms with E-state index in [1.807, 2.05) is 18.2 Å². The molecular formula is C10H10BrNO2. The topological polar surface area (TPSA) is 29.5 Å². The molecule has 1 aromatic rings. The summed E-state index contributed by atoms with van der Waals surface area (Å²) in [5, 5.41) is 0. The number of benzene rings is 1. The van der Waals surface area contributed by atoms with Crippen molar-refractivity contribution in [3.63, 3.8) is 0 Å². The Bertz CT molecular complexity index is 378. The first-order valence-corrected chi connectivity index (χ1v) is 5.13. The molecule has 14 heavy (non-hydrogen) atoms. The summed E-state index contributed by atoms with van der Waals surface area (Å²) >= 11 is 3.44. The zero-order chi connectivity index (χ0) is 10.1. The summed E-state index contributed by atoms with van der Waals surface area (Å²) in [4.78, 5) is 12.8. The van der Waals surface area contributed by atoms with Crippen LogP contribution in [0.5, 0.6) is 5.75 Å². The fourth-order valence-corrected chi connectivity index (χ4v) is 1.89. The molecule has 0 saturated heterocycles. The second-order valence-electron chi connectivity index (χ2n) is 3.21. The molecule has 1 aromatic carbocycles. The van der Waals surface area contributed by atoms with Gasteiger partial charge in [-0.1, -0.05) is 22.0 Å². The third-order valence-corrected chi connectivity index (χ3v) is 2.99. The standard InChI is InChI=1S/C10H10BrNO2/c1-7(13)12-5-8-9(11)3-2-4-10(8)14-6-12/h2-4H,5-6H2,1H3. The van der Waals surface area contributed by atoms with E-state index in [1.165, 1.54) is 0 Å². The van der Waals surface area contributed by atoms with E-state index in [4.69, 9.17) is 4.74 Å². The van der Waals surface area contributed by atoms with Gasteiger partial charge in [0.15, 0.2) is 6.73 Å². The van der Waals surface area contributed by atoms with Crippen LogP contribution >= 0.6 is 15.9 Å². The zero-order valence-electron chi connectivity index (χ0n) is 7.79. The summed E-state index contributed by atoms with van der Waals surface area (Å²) in [6.07, 6.45) is 0. The maximum Gasteiger partial charge on any atom is 0.222 e. The van der Waals surface area contributed by atoms with E-state index in [2.05, 4.69) is 15.9 Å². The summed E-state index contributed by atoms with van der Waals surface area (Å²) in [5.74, 6) is 0.892. The first-order chi connectivity index (χ1) is 6.68. The second-order valence-corrected chi connectivity index (χ2v) is 4.06. The molecule has 0 aromatic heterocycles. The third kappa shape index (κ3) is 1.62. The molecule has 4 heteroatoms. The Kier molecular flexibility index (Phi) is 2.46. The molecule has 0 N–H and O–H groups in total. The van der Waals surface area contributed by atoms with Crippen LogP contribution < -0.4 is 4.74 Å². The lowest BCUT2D eigenvalue weighted by Gasteiger charge is -2.28. The van der Waals surface area contributed by atoms with E-state index in [9.17, 15) is 4.79 Å². The molecule has 74 valence electrons. The number of carbonyl (C=O) groups is 1. The highest BCUT2D eigenvalue weighted by Crippen LogP contribution is 2.30. The Labute approximate surface area is 90.8 Å². The first kappa shape index (κ1) is 9.52. The second kappa shape index (κ2) is 3.61. The van der Waals surface area contributed by atoms with Gasteiger partial charge in [0.25, 0.3) is 0 Å². The van der Waals surface area contributed by atoms with E-state index in [0.717, 1.165) is 15.8 Å². The fourth-order valence-electron chi connectivity index (χ4n) is 1.41. The molecule has 0 radical (unpaired) electrons. The number of carbonyl (C=O) groups excluding carboxylic acids is 1. The molecule has 0 bridgehead atoms. The number of fused-ring (bicyclic) bond motifs is 1. The Hall–Kier alpha value is -1.03. The van der Waals surface area contributed by atoms with Crippen LogP contribution in [-0.2, 0) is 11.3 Å². The molecule has 2 rings (SSSR count). The molecule has 0 aliphatic carbocycles. The average molecular weight is 256 g/mol. The molecule has 1 amide bonds. The smallest absolute Gasteiger partial charge is 0.222 e. The number of rotatable bonds is 0. The van der Waals surface area contributed by atoms with Gasteiger partial charge >= 0.3 is 0 Å². The maximum atomic E-state index is 11.2. The van der Waals surface area contributed by atoms with Crippen LogP contribution in [0.1, 0.15) is 12.5 Å². The van der Waals surface area contributed by atoms with Gasteiger partial charge in [0, 0.05) is 17.0 Å². The minimum absolute atomic E-state index is 0.0337. The van der Waals surface area contributed by atoms with Gasteiger partial charge in [-0.2, -0.15) is 0 Å². The van der Waals surface area contributed by atoms with Crippen molar-refractivity contribution in [1.29, 1.82) is 0 Å². The number of hydrogen-bond donors (Lipinski definition) is 0. The lowest BCUT2D eigenvalue weighted by atomic mass is 10.1. The van der Waals surface area contributed by atoms with E-state index >= 15 is 0 Å². The Morgan fingerprint density at radius 3 is 3.07 bits per heavy atom. The van der Waals surface area contributed by atoms with Crippen molar-refractivity contribution < 1.29 is 9.53 Å². The summed E-state index contributed by atoms with van der Waals surface area (Å²) in [5.41, 5.74) is 1.04. The fraction of sp³-hybridized carbons (Fsp3) is 0.300. The van der Waals surface area contributed by atoms with Crippen LogP contribution in [0.3, 0.4) is 0 Å². The monoisotopic (exact) mass is 255 g/mol. The van der Waals surface area contributed by atoms with Crippen LogP contribution in [-0.4, -0.2) is 17.5 Å². The van der Waals surface area contributed by atoms with Crippen molar-refractivity contribution >= 4 is 21.8 Å². The molecular weight excluding hydrogens is 246 g/mol. The highest BCUT2D eigenvalue weighted by atomic mass is 79.9. The molecule has 1 aliphatic heterocycles. The molecule has 1 aliphatic rings. The van der Waals surface area contributed by atoms with Crippen molar-refractivity contribution in [3.05, 3.63) is 28.2 Å². The van der Waals surface area contributed by atoms with E-state index in [1.54, 1.807) is 11.8 Å². The largest absolute Gasteiger partial charge is 0.473 e. The predicted octanol–water partition coefficient (Wildman–Crippen LogP) is 2.15. The SMILES string of the molecule is CC(=O)N1COc2cccc(Br)c2C1. The number of halogens is 1. The van der Waals surface area contributed by atoms with Crippen LogP contribution in [0.2, 0.25) is 0 Å². The lowest BCUT2D eigenvalue weighted by molar-refractivity contribution is -0.133. The van der Waals surface area contributed by atoms with Crippen LogP contribution in [0.25, 0.3) is 0 Å². The molecule has 0 atom stereocenters. The van der Waals surface area contributed by atoms with Gasteiger partial charge in [0.2, 0.25) is 5.91 Å². The average Bonchev–Trinajstić information content (AvgIpc) is 2.18. The molecule has 1 heterocycles. The highest BCUT2D eigenvalue weighted by molar-refractivity contribution is 9.10. The number of amides is 1. The first-order valence-electron chi connectivity index (χ1n) is 4.34. The van der Waals surface area contributed by atoms with Gasteiger partial charge in [0.05, 0.1) is 6.54 Å². The maximum absolute atomic E-state index is 11.2. The van der Waals surface area contributed by atoms with Gasteiger partial charge in [-0.25, -0.2) is 0 Å². The van der Waals surface area contributed by atoms with E-state index in [-0.39, 0.29) is 5.91 Å². The minimum atomic E-state index is 0.0337. The normalized spacial score (nSPS) is 14.6. The summed E-state index contributed by atoms with van der Waals surface area (Å²) in [7, 11) is 0. The zero-order valence-corrected chi connectivity index (χ0v) is 9.37. The van der Waals surface area contributed by atoms with Crippen LogP contribution in [0.4, 0.5) is 0 Å². The quantitative estimate of drug-likeness (QED) is 0.711. The summed E-state index contributed by atoms with van der Waals surface area (Å²) in [6, 6.07) is 5.79. The summed E-state index contributed by atoms with van der Waals surface area (Å²) in [6.45, 7) is 2.51. The molecule has 0 unspecified atom stereocenters. The van der Waals surface area contributed by atoms with Crippen molar-refractivity contribution in [2.45, 2.75) is 13.5 Å². The highest BCUT2D eigenvalue weighted by Gasteiger charge is 2.20. The van der Waals surface area contributed by atoms with E-state index < -0.39 is 0 Å². The number of ether oxygens (including phenoxy) is 1. The molecule has 0 spiro atoms. The Morgan fingerprint density at radius 2 is 2.36 bits per heavy atom. The number of nitrogens with zero attached hydrogens (tertiary/aromatic N) is 1. The molecule has 3 nitrogen and oxygen atoms in total. The molecule has 0 saturated carbocycles. The lowest BCUT2D eigenvalue weighted by Crippen LogP contribution is -2.35. The Morgan fingerprint density at radius 1 is 1.57 bits per heavy atom. The van der Waals surface area contributed by atoms with Crippen molar-refractivity contribution in [3.8, 4) is 5.75 Å². The third-order valence-electron chi connectivity index (χ3n) is 2.25. The van der Waals surface area contributed by atoms with E-state index in [0.29, 0.717) is 13.3 Å². The van der Waals surface area contributed by atoms with Crippen molar-refractivity contribution in [2.24, 2.45) is 0 Å². The van der Waals surface area contributed by atoms with Crippen molar-refractivity contribution in [1.82, 2.24) is 4.90 Å². The van der Waals surface area contributed by atoms with Gasteiger partial charge in [-0.05, 0) is 12.1 Å². The van der Waals surface area contributed by atoms with Gasteiger partial charge in [0.1, 0.15) is 5.75 Å². The summed E-state index contributed by atoms with van der Waals surface area (Å²) < 4.78 is 6.44. The molecule has 0 fully saturated rings. The predicted molar refractivity (Wildman–Crippen MR) is 55.9 cm³/mol. The van der Waals surface area contributed by atoms with Crippen LogP contribution in [0.15, 0.2) is 22.7 Å².